The Kier molecular flexibility index (Phi) is 22.6. The summed E-state index contributed by atoms with van der Waals surface area (Å²) in [6, 6.07) is 4.46. The van der Waals surface area contributed by atoms with Gasteiger partial charge in [-0.25, -0.2) is 0 Å². The monoisotopic (exact) mass is 752 g/mol. The number of hydrogen-bond donors (Lipinski definition) is 2. The minimum absolute atomic E-state index is 0.154. The van der Waals surface area contributed by atoms with Gasteiger partial charge in [0.25, 0.3) is 0 Å². The van der Waals surface area contributed by atoms with Crippen LogP contribution in [0.2, 0.25) is 24.0 Å². The summed E-state index contributed by atoms with van der Waals surface area (Å²) < 4.78 is 1.14. The van der Waals surface area contributed by atoms with Crippen molar-refractivity contribution in [2.75, 3.05) is 0 Å². The number of halogens is 3. The molecule has 3 nitrogen and oxygen atoms in total. The number of hydrogen-bond acceptors (Lipinski definition) is 2. The maximum atomic E-state index is 10.7. The van der Waals surface area contributed by atoms with E-state index >= 15 is 0 Å². The molecule has 3 N–H and O–H groups in total. The average Bonchev–Trinajstić information content (AvgIpc) is 2.98. The second-order valence-corrected chi connectivity index (χ2v) is 14.6. The summed E-state index contributed by atoms with van der Waals surface area (Å²) in [5.41, 5.74) is 9.22. The molecule has 3 atom stereocenters. The maximum absolute atomic E-state index is 10.7. The second-order valence-electron chi connectivity index (χ2n) is 12.8. The van der Waals surface area contributed by atoms with Crippen LogP contribution in [-0.4, -0.2) is 18.7 Å². The number of allylic oxidation sites excluding steroid dienone is 2. The second kappa shape index (κ2) is 24.2. The van der Waals surface area contributed by atoms with E-state index in [9.17, 15) is 4.79 Å². The van der Waals surface area contributed by atoms with Crippen molar-refractivity contribution in [2.45, 2.75) is 143 Å². The van der Waals surface area contributed by atoms with E-state index in [1.165, 1.54) is 93.5 Å². The highest BCUT2D eigenvalue weighted by molar-refractivity contribution is 9.11. The normalized spacial score (nSPS) is 16.0. The summed E-state index contributed by atoms with van der Waals surface area (Å²) in [5.74, 6) is 1.70. The van der Waals surface area contributed by atoms with Crippen LogP contribution >= 0.6 is 43.5 Å². The number of aryl methyl sites for hydroxylation is 1. The van der Waals surface area contributed by atoms with Crippen LogP contribution in [-0.2, 0) is 11.2 Å². The number of carbonyl (C=O) groups excluding carboxylic acids is 1. The Morgan fingerprint density at radius 1 is 1.16 bits per heavy atom. The van der Waals surface area contributed by atoms with Crippen LogP contribution < -0.4 is 11.1 Å². The fourth-order valence-electron chi connectivity index (χ4n) is 6.92. The van der Waals surface area contributed by atoms with Crippen LogP contribution in [0.3, 0.4) is 0 Å². The van der Waals surface area contributed by atoms with Gasteiger partial charge in [0.05, 0.1) is 6.04 Å². The Labute approximate surface area is 293 Å². The summed E-state index contributed by atoms with van der Waals surface area (Å²) in [5, 5.41) is 4.44. The zero-order valence-corrected chi connectivity index (χ0v) is 32.2. The van der Waals surface area contributed by atoms with E-state index in [2.05, 4.69) is 103 Å². The minimum Gasteiger partial charge on any atom is -0.384 e. The van der Waals surface area contributed by atoms with Crippen LogP contribution in [0.4, 0.5) is 0 Å². The molecule has 1 saturated heterocycles. The van der Waals surface area contributed by atoms with Crippen molar-refractivity contribution in [1.82, 2.24) is 5.32 Å². The zero-order valence-electron chi connectivity index (χ0n) is 28.3. The predicted molar refractivity (Wildman–Crippen MR) is 204 cm³/mol. The summed E-state index contributed by atoms with van der Waals surface area (Å²) in [6.07, 6.45) is 24.3. The zero-order chi connectivity index (χ0) is 32.9. The van der Waals surface area contributed by atoms with Crippen LogP contribution in [0.1, 0.15) is 122 Å². The van der Waals surface area contributed by atoms with E-state index in [1.807, 2.05) is 11.2 Å². The third-order valence-electron chi connectivity index (χ3n) is 9.03. The molecule has 7 heteroatoms. The largest absolute Gasteiger partial charge is 0.384 e. The standard InChI is InChI=1S/C25H38Br2ClN.C12H22BNO/c1-5-9-10-11-14-20(12-6-2)25(23(13-7-3)29-16-15-26)24-19(8-4)17-21(28)18-22(24)27;1-10(2)9-11-3-6-13(7-4-11)8-5-12(14)15/h7,13,15-18,20,23,25,29H,5-6,8-12,14H2,1-4H3;11H,1,3-9H2,2H3,(H2,14,15)/b13-7-,16-15+;. The number of amides is 1. The molecular weight excluding hydrogens is 694 g/mol. The van der Waals surface area contributed by atoms with Gasteiger partial charge in [0, 0.05) is 28.0 Å². The van der Waals surface area contributed by atoms with E-state index < -0.39 is 0 Å². The highest BCUT2D eigenvalue weighted by Crippen LogP contribution is 2.42. The third-order valence-corrected chi connectivity index (χ3v) is 10.2. The number of primary amides is 1. The van der Waals surface area contributed by atoms with Crippen molar-refractivity contribution < 1.29 is 4.79 Å². The van der Waals surface area contributed by atoms with Crippen LogP contribution in [0.15, 0.2) is 52.1 Å². The lowest BCUT2D eigenvalue weighted by molar-refractivity contribution is -0.117. The molecular formula is C37H60BBr2ClN2O. The lowest BCUT2D eigenvalue weighted by atomic mass is 9.38. The molecule has 0 spiro atoms. The highest BCUT2D eigenvalue weighted by Gasteiger charge is 2.32. The molecule has 2 rings (SSSR count). The first-order valence-corrected chi connectivity index (χ1v) is 19.2. The summed E-state index contributed by atoms with van der Waals surface area (Å²) in [7, 11) is 0. The average molecular weight is 755 g/mol. The van der Waals surface area contributed by atoms with Crippen molar-refractivity contribution in [3.8, 4) is 0 Å². The van der Waals surface area contributed by atoms with Gasteiger partial charge >= 0.3 is 0 Å². The number of benzene rings is 1. The molecule has 0 aliphatic carbocycles. The maximum Gasteiger partial charge on any atom is 0.216 e. The molecule has 1 aliphatic rings. The van der Waals surface area contributed by atoms with Gasteiger partial charge in [-0.1, -0.05) is 152 Å². The van der Waals surface area contributed by atoms with Gasteiger partial charge in [0.15, 0.2) is 0 Å². The predicted octanol–water partition coefficient (Wildman–Crippen LogP) is 12.3. The van der Waals surface area contributed by atoms with E-state index in [1.54, 1.807) is 0 Å². The molecule has 1 aromatic carbocycles. The van der Waals surface area contributed by atoms with Crippen LogP contribution in [0, 0.1) is 11.8 Å². The van der Waals surface area contributed by atoms with Gasteiger partial charge in [-0.15, -0.1) is 6.58 Å². The molecule has 3 unspecified atom stereocenters. The molecule has 0 saturated carbocycles. The van der Waals surface area contributed by atoms with E-state index in [0.29, 0.717) is 18.3 Å². The summed E-state index contributed by atoms with van der Waals surface area (Å²) >= 11 is 13.7. The molecule has 1 heterocycles. The molecule has 0 bridgehead atoms. The smallest absolute Gasteiger partial charge is 0.216 e. The SMILES string of the molecule is C/C=C\C(N/C=C/Br)C(c1c(Br)cc(Cl)cc1CC)C(CCC)CCCCCC.C=C(C)CC1CCB(CCC(N)=O)CC1. The van der Waals surface area contributed by atoms with Crippen molar-refractivity contribution in [3.05, 3.63) is 68.2 Å². The number of carbonyl (C=O) groups is 1. The summed E-state index contributed by atoms with van der Waals surface area (Å²) in [6.45, 7) is 15.7. The van der Waals surface area contributed by atoms with Gasteiger partial charge in [-0.05, 0) is 73.2 Å². The minimum atomic E-state index is -0.154. The summed E-state index contributed by atoms with van der Waals surface area (Å²) in [4.78, 5) is 12.6. The highest BCUT2D eigenvalue weighted by atomic mass is 79.9. The Morgan fingerprint density at radius 2 is 1.86 bits per heavy atom. The first kappa shape index (κ1) is 41.0. The molecule has 0 radical (unpaired) electrons. The van der Waals surface area contributed by atoms with E-state index in [-0.39, 0.29) is 11.9 Å². The van der Waals surface area contributed by atoms with Crippen molar-refractivity contribution in [2.24, 2.45) is 17.6 Å². The molecule has 248 valence electrons. The van der Waals surface area contributed by atoms with Gasteiger partial charge in [-0.3, -0.25) is 4.79 Å². The topological polar surface area (TPSA) is 55.1 Å². The van der Waals surface area contributed by atoms with Crippen molar-refractivity contribution in [1.29, 1.82) is 0 Å². The van der Waals surface area contributed by atoms with Gasteiger partial charge in [0.2, 0.25) is 5.91 Å². The van der Waals surface area contributed by atoms with Crippen LogP contribution in [0.5, 0.6) is 0 Å². The van der Waals surface area contributed by atoms with E-state index in [0.717, 1.165) is 34.9 Å². The molecule has 1 aromatic rings. The van der Waals surface area contributed by atoms with Gasteiger partial charge in [-0.2, -0.15) is 0 Å². The molecule has 1 fully saturated rings. The number of unbranched alkanes of at least 4 members (excludes halogenated alkanes) is 3. The molecule has 44 heavy (non-hydrogen) atoms. The molecule has 1 aliphatic heterocycles. The Hall–Kier alpha value is -0.975. The first-order chi connectivity index (χ1) is 21.1. The van der Waals surface area contributed by atoms with Gasteiger partial charge in [0.1, 0.15) is 6.71 Å². The number of rotatable bonds is 19. The van der Waals surface area contributed by atoms with Gasteiger partial charge < -0.3 is 11.1 Å². The fourth-order valence-corrected chi connectivity index (χ4v) is 8.21. The van der Waals surface area contributed by atoms with Crippen LogP contribution in [0.25, 0.3) is 0 Å². The number of nitrogens with one attached hydrogen (secondary N) is 1. The molecule has 1 amide bonds. The fraction of sp³-hybridized carbons (Fsp3) is 0.649. The lowest BCUT2D eigenvalue weighted by Gasteiger charge is -2.35. The number of nitrogens with two attached hydrogens (primary N) is 1. The first-order valence-electron chi connectivity index (χ1n) is 17.2. The lowest BCUT2D eigenvalue weighted by Crippen LogP contribution is -2.35. The Morgan fingerprint density at radius 3 is 2.41 bits per heavy atom. The molecule has 0 aromatic heterocycles. The Balaban J connectivity index is 0.000000539. The van der Waals surface area contributed by atoms with E-state index in [4.69, 9.17) is 17.3 Å². The third kappa shape index (κ3) is 16.0. The van der Waals surface area contributed by atoms with Crippen molar-refractivity contribution in [3.63, 3.8) is 0 Å². The van der Waals surface area contributed by atoms with Crippen molar-refractivity contribution >= 4 is 56.1 Å². The quantitative estimate of drug-likeness (QED) is 0.0839. The Bertz CT molecular complexity index is 1020.